The van der Waals surface area contributed by atoms with Gasteiger partial charge in [-0.15, -0.1) is 0 Å². The van der Waals surface area contributed by atoms with E-state index in [1.54, 1.807) is 6.07 Å². The van der Waals surface area contributed by atoms with Crippen molar-refractivity contribution in [2.45, 2.75) is 26.3 Å². The monoisotopic (exact) mass is 377 g/mol. The highest BCUT2D eigenvalue weighted by molar-refractivity contribution is 6.33. The first-order valence-corrected chi connectivity index (χ1v) is 9.37. The van der Waals surface area contributed by atoms with E-state index < -0.39 is 0 Å². The van der Waals surface area contributed by atoms with Crippen molar-refractivity contribution in [1.29, 1.82) is 0 Å². The first-order chi connectivity index (χ1) is 12.7. The fourth-order valence-electron chi connectivity index (χ4n) is 2.86. The molecular formula is C18H24ClN5O2. The highest BCUT2D eigenvalue weighted by atomic mass is 35.5. The maximum atomic E-state index is 12.1. The lowest BCUT2D eigenvalue weighted by molar-refractivity contribution is 0.133. The molecule has 0 saturated carbocycles. The third-order valence-electron chi connectivity index (χ3n) is 4.40. The number of nitrogens with one attached hydrogen (secondary N) is 1. The lowest BCUT2D eigenvalue weighted by Crippen LogP contribution is -2.51. The van der Waals surface area contributed by atoms with Gasteiger partial charge in [-0.1, -0.05) is 42.2 Å². The van der Waals surface area contributed by atoms with Crippen LogP contribution in [0.25, 0.3) is 11.5 Å². The van der Waals surface area contributed by atoms with Gasteiger partial charge in [-0.05, 0) is 18.6 Å². The number of hydrogen-bond donors (Lipinski definition) is 1. The maximum Gasteiger partial charge on any atom is 0.317 e. The summed E-state index contributed by atoms with van der Waals surface area (Å²) in [6, 6.07) is 7.43. The Morgan fingerprint density at radius 1 is 1.27 bits per heavy atom. The van der Waals surface area contributed by atoms with Gasteiger partial charge < -0.3 is 14.7 Å². The molecular weight excluding hydrogens is 354 g/mol. The Bertz CT molecular complexity index is 728. The van der Waals surface area contributed by atoms with Crippen LogP contribution in [0.2, 0.25) is 5.02 Å². The van der Waals surface area contributed by atoms with E-state index in [2.05, 4.69) is 27.3 Å². The number of urea groups is 1. The summed E-state index contributed by atoms with van der Waals surface area (Å²) < 4.78 is 5.34. The van der Waals surface area contributed by atoms with Crippen molar-refractivity contribution in [3.8, 4) is 11.5 Å². The molecule has 0 unspecified atom stereocenters. The minimum atomic E-state index is 0.0265. The number of carbonyl (C=O) groups is 1. The zero-order chi connectivity index (χ0) is 18.4. The Labute approximate surface area is 158 Å². The van der Waals surface area contributed by atoms with E-state index in [1.165, 1.54) is 0 Å². The van der Waals surface area contributed by atoms with E-state index in [0.29, 0.717) is 36.4 Å². The molecule has 1 aliphatic rings. The molecule has 1 aliphatic heterocycles. The van der Waals surface area contributed by atoms with Crippen molar-refractivity contribution in [3.63, 3.8) is 0 Å². The fraction of sp³-hybridized carbons (Fsp3) is 0.500. The van der Waals surface area contributed by atoms with Gasteiger partial charge in [0.15, 0.2) is 5.82 Å². The average Bonchev–Trinajstić information content (AvgIpc) is 3.11. The zero-order valence-corrected chi connectivity index (χ0v) is 15.7. The Kier molecular flexibility index (Phi) is 6.46. The number of unbranched alkanes of at least 4 members (excludes halogenated alkanes) is 1. The van der Waals surface area contributed by atoms with Crippen molar-refractivity contribution < 1.29 is 9.32 Å². The zero-order valence-electron chi connectivity index (χ0n) is 14.9. The number of hydrogen-bond acceptors (Lipinski definition) is 5. The smallest absolute Gasteiger partial charge is 0.317 e. The molecule has 1 saturated heterocycles. The molecule has 0 atom stereocenters. The van der Waals surface area contributed by atoms with Gasteiger partial charge in [-0.25, -0.2) is 4.79 Å². The SMILES string of the molecule is CCCCNC(=O)N1CCN(Cc2noc(-c3ccccc3Cl)n2)CC1. The summed E-state index contributed by atoms with van der Waals surface area (Å²) in [6.45, 7) is 6.43. The number of aromatic nitrogens is 2. The summed E-state index contributed by atoms with van der Waals surface area (Å²) in [5.41, 5.74) is 0.737. The van der Waals surface area contributed by atoms with E-state index >= 15 is 0 Å². The molecule has 8 heteroatoms. The van der Waals surface area contributed by atoms with Gasteiger partial charge in [0.1, 0.15) is 0 Å². The van der Waals surface area contributed by atoms with Crippen LogP contribution in [0.4, 0.5) is 4.79 Å². The van der Waals surface area contributed by atoms with Crippen LogP contribution in [0.5, 0.6) is 0 Å². The van der Waals surface area contributed by atoms with Crippen LogP contribution in [0, 0.1) is 0 Å². The summed E-state index contributed by atoms with van der Waals surface area (Å²) in [5.74, 6) is 1.06. The van der Waals surface area contributed by atoms with Crippen LogP contribution in [0.1, 0.15) is 25.6 Å². The topological polar surface area (TPSA) is 74.5 Å². The lowest BCUT2D eigenvalue weighted by atomic mass is 10.2. The Hall–Kier alpha value is -2.12. The second kappa shape index (κ2) is 9.00. The molecule has 0 aliphatic carbocycles. The van der Waals surface area contributed by atoms with Crippen LogP contribution in [-0.2, 0) is 6.54 Å². The summed E-state index contributed by atoms with van der Waals surface area (Å²) >= 11 is 6.17. The summed E-state index contributed by atoms with van der Waals surface area (Å²) in [6.07, 6.45) is 2.09. The molecule has 0 bridgehead atoms. The van der Waals surface area contributed by atoms with Crippen LogP contribution in [0.15, 0.2) is 28.8 Å². The van der Waals surface area contributed by atoms with Gasteiger partial charge in [-0.2, -0.15) is 4.98 Å². The number of piperazine rings is 1. The second-order valence-electron chi connectivity index (χ2n) is 6.34. The highest BCUT2D eigenvalue weighted by Gasteiger charge is 2.22. The standard InChI is InChI=1S/C18H24ClN5O2/c1-2-3-8-20-18(25)24-11-9-23(10-12-24)13-16-21-17(26-22-16)14-6-4-5-7-15(14)19/h4-7H,2-3,8-13H2,1H3,(H,20,25). The van der Waals surface area contributed by atoms with Crippen molar-refractivity contribution >= 4 is 17.6 Å². The molecule has 1 N–H and O–H groups in total. The predicted octanol–water partition coefficient (Wildman–Crippen LogP) is 3.02. The number of rotatable bonds is 6. The molecule has 2 amide bonds. The average molecular weight is 378 g/mol. The van der Waals surface area contributed by atoms with E-state index in [-0.39, 0.29) is 6.03 Å². The first kappa shape index (κ1) is 18.7. The van der Waals surface area contributed by atoms with Crippen molar-refractivity contribution in [2.75, 3.05) is 32.7 Å². The molecule has 2 heterocycles. The molecule has 26 heavy (non-hydrogen) atoms. The number of halogens is 1. The van der Waals surface area contributed by atoms with Gasteiger partial charge in [0, 0.05) is 32.7 Å². The summed E-state index contributed by atoms with van der Waals surface area (Å²) in [4.78, 5) is 20.6. The van der Waals surface area contributed by atoms with E-state index in [9.17, 15) is 4.79 Å². The molecule has 1 aromatic heterocycles. The maximum absolute atomic E-state index is 12.1. The van der Waals surface area contributed by atoms with Gasteiger partial charge in [-0.3, -0.25) is 4.90 Å². The molecule has 140 valence electrons. The van der Waals surface area contributed by atoms with Crippen molar-refractivity contribution in [2.24, 2.45) is 0 Å². The van der Waals surface area contributed by atoms with Crippen LogP contribution in [0.3, 0.4) is 0 Å². The molecule has 1 aromatic carbocycles. The first-order valence-electron chi connectivity index (χ1n) is 9.00. The minimum Gasteiger partial charge on any atom is -0.338 e. The van der Waals surface area contributed by atoms with Crippen molar-refractivity contribution in [3.05, 3.63) is 35.1 Å². The highest BCUT2D eigenvalue weighted by Crippen LogP contribution is 2.26. The van der Waals surface area contributed by atoms with Crippen molar-refractivity contribution in [1.82, 2.24) is 25.3 Å². The van der Waals surface area contributed by atoms with Gasteiger partial charge in [0.25, 0.3) is 5.89 Å². The molecule has 7 nitrogen and oxygen atoms in total. The molecule has 2 aromatic rings. The van der Waals surface area contributed by atoms with E-state index in [4.69, 9.17) is 16.1 Å². The van der Waals surface area contributed by atoms with E-state index in [0.717, 1.165) is 38.0 Å². The van der Waals surface area contributed by atoms with Gasteiger partial charge >= 0.3 is 6.03 Å². The third-order valence-corrected chi connectivity index (χ3v) is 4.73. The summed E-state index contributed by atoms with van der Waals surface area (Å²) in [7, 11) is 0. The number of amides is 2. The molecule has 3 rings (SSSR count). The fourth-order valence-corrected chi connectivity index (χ4v) is 3.07. The second-order valence-corrected chi connectivity index (χ2v) is 6.75. The van der Waals surface area contributed by atoms with Crippen LogP contribution < -0.4 is 5.32 Å². The minimum absolute atomic E-state index is 0.0265. The third kappa shape index (κ3) is 4.74. The largest absolute Gasteiger partial charge is 0.338 e. The van der Waals surface area contributed by atoms with Gasteiger partial charge in [0.05, 0.1) is 17.1 Å². The number of nitrogens with zero attached hydrogens (tertiary/aromatic N) is 4. The van der Waals surface area contributed by atoms with Crippen LogP contribution in [-0.4, -0.2) is 58.7 Å². The quantitative estimate of drug-likeness (QED) is 0.783. The number of carbonyl (C=O) groups excluding carboxylic acids is 1. The lowest BCUT2D eigenvalue weighted by Gasteiger charge is -2.34. The Morgan fingerprint density at radius 3 is 2.77 bits per heavy atom. The van der Waals surface area contributed by atoms with E-state index in [1.807, 2.05) is 23.1 Å². The molecule has 0 radical (unpaired) electrons. The molecule has 0 spiro atoms. The Morgan fingerprint density at radius 2 is 2.04 bits per heavy atom. The predicted molar refractivity (Wildman–Crippen MR) is 99.9 cm³/mol. The van der Waals surface area contributed by atoms with Gasteiger partial charge in [0.2, 0.25) is 0 Å². The molecule has 1 fully saturated rings. The normalized spacial score (nSPS) is 15.2. The summed E-state index contributed by atoms with van der Waals surface area (Å²) in [5, 5.41) is 7.60. The van der Waals surface area contributed by atoms with Crippen LogP contribution >= 0.6 is 11.6 Å². The number of benzene rings is 1. The Balaban J connectivity index is 1.49.